The van der Waals surface area contributed by atoms with Crippen LogP contribution in [0.1, 0.15) is 32.6 Å². The molecule has 0 radical (unpaired) electrons. The maximum absolute atomic E-state index is 12.4. The first-order chi connectivity index (χ1) is 10.1. The van der Waals surface area contributed by atoms with Gasteiger partial charge in [-0.15, -0.1) is 0 Å². The number of amides is 1. The Labute approximate surface area is 126 Å². The second kappa shape index (κ2) is 9.35. The van der Waals surface area contributed by atoms with Gasteiger partial charge in [0.25, 0.3) is 0 Å². The summed E-state index contributed by atoms with van der Waals surface area (Å²) in [6.45, 7) is 4.93. The highest BCUT2D eigenvalue weighted by atomic mass is 16.5. The van der Waals surface area contributed by atoms with Crippen molar-refractivity contribution in [1.82, 2.24) is 9.80 Å². The first-order valence-electron chi connectivity index (χ1n) is 7.58. The molecular weight excluding hydrogens is 270 g/mol. The fourth-order valence-electron chi connectivity index (χ4n) is 2.58. The lowest BCUT2D eigenvalue weighted by Gasteiger charge is -2.33. The maximum Gasteiger partial charge on any atom is 0.307 e. The third-order valence-electron chi connectivity index (χ3n) is 3.73. The Morgan fingerprint density at radius 3 is 2.90 bits per heavy atom. The van der Waals surface area contributed by atoms with Crippen molar-refractivity contribution in [2.24, 2.45) is 5.92 Å². The van der Waals surface area contributed by atoms with Crippen LogP contribution in [0.25, 0.3) is 0 Å². The largest absolute Gasteiger partial charge is 0.466 e. The lowest BCUT2D eigenvalue weighted by Crippen LogP contribution is -2.44. The summed E-state index contributed by atoms with van der Waals surface area (Å²) in [5.41, 5.74) is 0. The average molecular weight is 295 g/mol. The van der Waals surface area contributed by atoms with Crippen molar-refractivity contribution in [3.63, 3.8) is 0 Å². The number of ether oxygens (including phenoxy) is 1. The van der Waals surface area contributed by atoms with E-state index in [2.05, 4.69) is 11.0 Å². The predicted molar refractivity (Wildman–Crippen MR) is 78.3 cm³/mol. The Morgan fingerprint density at radius 1 is 1.48 bits per heavy atom. The van der Waals surface area contributed by atoms with E-state index < -0.39 is 0 Å². The number of nitriles is 1. The molecule has 21 heavy (non-hydrogen) atoms. The number of nitrogens with zero attached hydrogens (tertiary/aromatic N) is 3. The molecule has 0 aromatic carbocycles. The van der Waals surface area contributed by atoms with E-state index in [-0.39, 0.29) is 24.2 Å². The van der Waals surface area contributed by atoms with Gasteiger partial charge in [0.15, 0.2) is 0 Å². The summed E-state index contributed by atoms with van der Waals surface area (Å²) in [4.78, 5) is 27.5. The summed E-state index contributed by atoms with van der Waals surface area (Å²) in [7, 11) is 1.73. The van der Waals surface area contributed by atoms with Crippen LogP contribution in [0, 0.1) is 17.2 Å². The molecule has 0 aromatic heterocycles. The highest BCUT2D eigenvalue weighted by molar-refractivity contribution is 5.79. The summed E-state index contributed by atoms with van der Waals surface area (Å²) in [5.74, 6) is -0.206. The summed E-state index contributed by atoms with van der Waals surface area (Å²) >= 11 is 0. The number of rotatable bonds is 7. The van der Waals surface area contributed by atoms with Gasteiger partial charge >= 0.3 is 5.97 Å². The molecule has 1 heterocycles. The predicted octanol–water partition coefficient (Wildman–Crippen LogP) is 1.02. The van der Waals surface area contributed by atoms with Crippen molar-refractivity contribution in [1.29, 1.82) is 5.26 Å². The van der Waals surface area contributed by atoms with Crippen LogP contribution in [0.4, 0.5) is 0 Å². The minimum atomic E-state index is -0.267. The van der Waals surface area contributed by atoms with Gasteiger partial charge in [-0.3, -0.25) is 9.59 Å². The molecule has 1 aliphatic rings. The van der Waals surface area contributed by atoms with Crippen LogP contribution in [0.2, 0.25) is 0 Å². The van der Waals surface area contributed by atoms with Gasteiger partial charge in [-0.1, -0.05) is 0 Å². The molecule has 1 amide bonds. The smallest absolute Gasteiger partial charge is 0.307 e. The zero-order valence-corrected chi connectivity index (χ0v) is 13.0. The Morgan fingerprint density at radius 2 is 2.24 bits per heavy atom. The molecule has 6 nitrogen and oxygen atoms in total. The standard InChI is InChI=1S/C15H25N3O3/c1-3-21-14(19)7-11-17(2)15(20)13-6-4-9-18(12-13)10-5-8-16/h13H,3-7,9-12H2,1-2H3. The molecule has 1 unspecified atom stereocenters. The second-order valence-electron chi connectivity index (χ2n) is 5.36. The fourth-order valence-corrected chi connectivity index (χ4v) is 2.58. The van der Waals surface area contributed by atoms with Crippen LogP contribution < -0.4 is 0 Å². The van der Waals surface area contributed by atoms with Crippen molar-refractivity contribution in [2.45, 2.75) is 32.6 Å². The molecule has 0 spiro atoms. The number of esters is 1. The van der Waals surface area contributed by atoms with Gasteiger partial charge in [-0.05, 0) is 26.3 Å². The molecule has 6 heteroatoms. The summed E-state index contributed by atoms with van der Waals surface area (Å²) < 4.78 is 4.86. The number of carbonyl (C=O) groups excluding carboxylic acids is 2. The molecular formula is C15H25N3O3. The second-order valence-corrected chi connectivity index (χ2v) is 5.36. The summed E-state index contributed by atoms with van der Waals surface area (Å²) in [6, 6.07) is 2.14. The number of likely N-dealkylation sites (tertiary alicyclic amines) is 1. The molecule has 0 N–H and O–H groups in total. The normalized spacial score (nSPS) is 18.8. The van der Waals surface area contributed by atoms with E-state index in [0.29, 0.717) is 26.1 Å². The third-order valence-corrected chi connectivity index (χ3v) is 3.73. The minimum Gasteiger partial charge on any atom is -0.466 e. The van der Waals surface area contributed by atoms with Gasteiger partial charge in [0.2, 0.25) is 5.91 Å². The van der Waals surface area contributed by atoms with E-state index in [9.17, 15) is 9.59 Å². The molecule has 0 bridgehead atoms. The average Bonchev–Trinajstić information content (AvgIpc) is 2.50. The molecule has 1 saturated heterocycles. The number of piperidine rings is 1. The van der Waals surface area contributed by atoms with Crippen molar-refractivity contribution < 1.29 is 14.3 Å². The lowest BCUT2D eigenvalue weighted by atomic mass is 9.96. The van der Waals surface area contributed by atoms with E-state index in [0.717, 1.165) is 25.9 Å². The first kappa shape index (κ1) is 17.4. The first-order valence-corrected chi connectivity index (χ1v) is 7.58. The molecule has 0 aliphatic carbocycles. The molecule has 1 atom stereocenters. The van der Waals surface area contributed by atoms with Crippen LogP contribution in [0.15, 0.2) is 0 Å². The van der Waals surface area contributed by atoms with Gasteiger partial charge in [0, 0.05) is 33.1 Å². The summed E-state index contributed by atoms with van der Waals surface area (Å²) in [6.07, 6.45) is 2.60. The molecule has 1 fully saturated rings. The van der Waals surface area contributed by atoms with Crippen LogP contribution in [-0.4, -0.2) is 61.5 Å². The SMILES string of the molecule is CCOC(=O)CCN(C)C(=O)C1CCCN(CCC#N)C1. The van der Waals surface area contributed by atoms with Crippen molar-refractivity contribution in [2.75, 3.05) is 39.8 Å². The van der Waals surface area contributed by atoms with Gasteiger partial charge < -0.3 is 14.5 Å². The van der Waals surface area contributed by atoms with Gasteiger partial charge in [0.05, 0.1) is 25.0 Å². The Kier molecular flexibility index (Phi) is 7.76. The van der Waals surface area contributed by atoms with Crippen LogP contribution in [-0.2, 0) is 14.3 Å². The Balaban J connectivity index is 2.38. The molecule has 118 valence electrons. The molecule has 0 saturated carbocycles. The van der Waals surface area contributed by atoms with E-state index in [1.165, 1.54) is 0 Å². The highest BCUT2D eigenvalue weighted by Gasteiger charge is 2.27. The minimum absolute atomic E-state index is 0.0235. The van der Waals surface area contributed by atoms with E-state index >= 15 is 0 Å². The van der Waals surface area contributed by atoms with E-state index in [1.54, 1.807) is 18.9 Å². The number of hydrogen-bond acceptors (Lipinski definition) is 5. The van der Waals surface area contributed by atoms with Crippen molar-refractivity contribution in [3.8, 4) is 6.07 Å². The maximum atomic E-state index is 12.4. The van der Waals surface area contributed by atoms with Crippen LogP contribution in [0.3, 0.4) is 0 Å². The Bertz CT molecular complexity index is 392. The quantitative estimate of drug-likeness (QED) is 0.656. The van der Waals surface area contributed by atoms with Crippen molar-refractivity contribution in [3.05, 3.63) is 0 Å². The lowest BCUT2D eigenvalue weighted by molar-refractivity contribution is -0.144. The van der Waals surface area contributed by atoms with Gasteiger partial charge in [-0.2, -0.15) is 5.26 Å². The van der Waals surface area contributed by atoms with Crippen molar-refractivity contribution >= 4 is 11.9 Å². The topological polar surface area (TPSA) is 73.6 Å². The zero-order chi connectivity index (χ0) is 15.7. The number of hydrogen-bond donors (Lipinski definition) is 0. The highest BCUT2D eigenvalue weighted by Crippen LogP contribution is 2.18. The number of carbonyl (C=O) groups is 2. The summed E-state index contributed by atoms with van der Waals surface area (Å²) in [5, 5.41) is 8.63. The molecule has 0 aromatic rings. The third kappa shape index (κ3) is 6.13. The van der Waals surface area contributed by atoms with Gasteiger partial charge in [0.1, 0.15) is 0 Å². The van der Waals surface area contributed by atoms with E-state index in [1.807, 2.05) is 0 Å². The molecule has 1 aliphatic heterocycles. The fraction of sp³-hybridized carbons (Fsp3) is 0.800. The van der Waals surface area contributed by atoms with Crippen LogP contribution in [0.5, 0.6) is 0 Å². The van der Waals surface area contributed by atoms with Crippen LogP contribution >= 0.6 is 0 Å². The zero-order valence-electron chi connectivity index (χ0n) is 13.0. The van der Waals surface area contributed by atoms with E-state index in [4.69, 9.17) is 10.00 Å². The monoisotopic (exact) mass is 295 g/mol. The van der Waals surface area contributed by atoms with Gasteiger partial charge in [-0.25, -0.2) is 0 Å². The molecule has 1 rings (SSSR count). The Hall–Kier alpha value is -1.61.